The van der Waals surface area contributed by atoms with Gasteiger partial charge in [0.05, 0.1) is 0 Å². The van der Waals surface area contributed by atoms with Crippen molar-refractivity contribution in [3.8, 4) is 0 Å². The van der Waals surface area contributed by atoms with Crippen LogP contribution in [-0.4, -0.2) is 0 Å². The highest BCUT2D eigenvalue weighted by Gasteiger charge is 2.33. The first-order valence-corrected chi connectivity index (χ1v) is 3.95. The van der Waals surface area contributed by atoms with E-state index in [0.29, 0.717) is 6.20 Å². The van der Waals surface area contributed by atoms with Crippen LogP contribution >= 0.6 is 22.6 Å². The monoisotopic (exact) mass is 289 g/mol. The Kier molecular flexibility index (Phi) is 2.45. The van der Waals surface area contributed by atoms with Crippen LogP contribution < -0.4 is 4.73 Å². The van der Waals surface area contributed by atoms with E-state index in [1.165, 1.54) is 0 Å². The number of pyridine rings is 1. The summed E-state index contributed by atoms with van der Waals surface area (Å²) < 4.78 is 36.2. The topological polar surface area (TPSA) is 26.9 Å². The maximum absolute atomic E-state index is 11.9. The number of alkyl halides is 3. The van der Waals surface area contributed by atoms with Crippen LogP contribution in [-0.2, 0) is 6.18 Å². The smallest absolute Gasteiger partial charge is 0.422 e. The van der Waals surface area contributed by atoms with Crippen molar-refractivity contribution in [2.24, 2.45) is 0 Å². The molecule has 0 N–H and O–H groups in total. The number of nitrogens with zero attached hydrogens (tertiary/aromatic N) is 1. The number of halogens is 4. The average molecular weight is 289 g/mol. The number of rotatable bonds is 0. The first-order chi connectivity index (χ1) is 5.41. The molecule has 0 radical (unpaired) electrons. The Morgan fingerprint density at radius 3 is 2.33 bits per heavy atom. The van der Waals surface area contributed by atoms with Gasteiger partial charge >= 0.3 is 6.18 Å². The van der Waals surface area contributed by atoms with E-state index in [1.807, 2.05) is 0 Å². The molecule has 0 spiro atoms. The van der Waals surface area contributed by atoms with Gasteiger partial charge in [0.2, 0.25) is 0 Å². The van der Waals surface area contributed by atoms with Crippen LogP contribution in [0.2, 0.25) is 0 Å². The summed E-state index contributed by atoms with van der Waals surface area (Å²) >= 11 is 1.65. The van der Waals surface area contributed by atoms with Crippen molar-refractivity contribution >= 4 is 22.6 Å². The maximum Gasteiger partial charge on any atom is 0.422 e. The van der Waals surface area contributed by atoms with Crippen LogP contribution in [0.4, 0.5) is 13.2 Å². The molecule has 0 bridgehead atoms. The predicted molar refractivity (Wildman–Crippen MR) is 43.1 cm³/mol. The molecule has 0 aromatic carbocycles. The molecule has 0 fully saturated rings. The van der Waals surface area contributed by atoms with E-state index in [2.05, 4.69) is 0 Å². The molecule has 6 heteroatoms. The van der Waals surface area contributed by atoms with Crippen molar-refractivity contribution in [1.29, 1.82) is 0 Å². The first-order valence-electron chi connectivity index (χ1n) is 2.87. The molecule has 1 rings (SSSR count). The number of hydrogen-bond acceptors (Lipinski definition) is 1. The fourth-order valence-corrected chi connectivity index (χ4v) is 0.950. The minimum absolute atomic E-state index is 0.184. The molecule has 0 aliphatic rings. The third-order valence-electron chi connectivity index (χ3n) is 1.19. The second-order valence-electron chi connectivity index (χ2n) is 2.06. The zero-order valence-electron chi connectivity index (χ0n) is 5.60. The Hall–Kier alpha value is -0.530. The summed E-state index contributed by atoms with van der Waals surface area (Å²) in [6.45, 7) is 0. The number of hydrogen-bond donors (Lipinski definition) is 0. The Morgan fingerprint density at radius 1 is 1.33 bits per heavy atom. The SMILES string of the molecule is [O-][n+]1cc(C(F)(F)F)ccc1I. The normalized spacial score (nSPS) is 11.7. The van der Waals surface area contributed by atoms with Crippen molar-refractivity contribution in [1.82, 2.24) is 0 Å². The molecule has 0 amide bonds. The fourth-order valence-electron chi connectivity index (χ4n) is 0.631. The van der Waals surface area contributed by atoms with Crippen LogP contribution in [0.15, 0.2) is 18.3 Å². The van der Waals surface area contributed by atoms with Gasteiger partial charge in [-0.15, -0.1) is 0 Å². The second kappa shape index (κ2) is 3.08. The summed E-state index contributed by atoms with van der Waals surface area (Å²) in [7, 11) is 0. The Balaban J connectivity index is 3.14. The molecule has 0 saturated heterocycles. The van der Waals surface area contributed by atoms with Gasteiger partial charge in [-0.25, -0.2) is 0 Å². The summed E-state index contributed by atoms with van der Waals surface area (Å²) in [5.74, 6) is 0. The van der Waals surface area contributed by atoms with Gasteiger partial charge in [-0.05, 0) is 6.07 Å². The molecule has 0 aliphatic carbocycles. The van der Waals surface area contributed by atoms with Crippen LogP contribution in [0.3, 0.4) is 0 Å². The van der Waals surface area contributed by atoms with Crippen molar-refractivity contribution in [3.05, 3.63) is 32.8 Å². The second-order valence-corrected chi connectivity index (χ2v) is 3.17. The third kappa shape index (κ3) is 1.99. The summed E-state index contributed by atoms with van der Waals surface area (Å²) in [5.41, 5.74) is -0.932. The molecule has 0 saturated carbocycles. The summed E-state index contributed by atoms with van der Waals surface area (Å²) in [6, 6.07) is 1.99. The van der Waals surface area contributed by atoms with Crippen LogP contribution in [0.5, 0.6) is 0 Å². The highest BCUT2D eigenvalue weighted by molar-refractivity contribution is 14.1. The van der Waals surface area contributed by atoms with Gasteiger partial charge in [0.15, 0.2) is 6.20 Å². The number of aromatic nitrogens is 1. The minimum atomic E-state index is -4.45. The molecule has 2 nitrogen and oxygen atoms in total. The van der Waals surface area contributed by atoms with Crippen LogP contribution in [0.1, 0.15) is 5.56 Å². The van der Waals surface area contributed by atoms with E-state index >= 15 is 0 Å². The van der Waals surface area contributed by atoms with E-state index in [-0.39, 0.29) is 8.43 Å². The van der Waals surface area contributed by atoms with E-state index in [1.54, 1.807) is 22.6 Å². The van der Waals surface area contributed by atoms with Gasteiger partial charge < -0.3 is 5.21 Å². The molecule has 0 atom stereocenters. The lowest BCUT2D eigenvalue weighted by molar-refractivity contribution is -0.620. The molecule has 12 heavy (non-hydrogen) atoms. The minimum Gasteiger partial charge on any atom is -0.618 e. The standard InChI is InChI=1S/C6H3F3INO/c7-6(8,9)4-1-2-5(10)11(12)3-4/h1-3H. The van der Waals surface area contributed by atoms with Crippen molar-refractivity contribution in [3.63, 3.8) is 0 Å². The van der Waals surface area contributed by atoms with Gasteiger partial charge in [-0.2, -0.15) is 17.9 Å². The third-order valence-corrected chi connectivity index (χ3v) is 2.03. The van der Waals surface area contributed by atoms with Crippen molar-refractivity contribution in [2.75, 3.05) is 0 Å². The zero-order chi connectivity index (χ0) is 9.35. The average Bonchev–Trinajstić information content (AvgIpc) is 1.92. The lowest BCUT2D eigenvalue weighted by Gasteiger charge is -2.05. The molecule has 1 heterocycles. The van der Waals surface area contributed by atoms with Gasteiger partial charge in [0, 0.05) is 28.7 Å². The first kappa shape index (κ1) is 9.56. The van der Waals surface area contributed by atoms with Gasteiger partial charge in [0.25, 0.3) is 3.70 Å². The highest BCUT2D eigenvalue weighted by atomic mass is 127. The Morgan fingerprint density at radius 2 is 1.92 bits per heavy atom. The summed E-state index contributed by atoms with van der Waals surface area (Å²) in [5, 5.41) is 10.7. The molecule has 0 unspecified atom stereocenters. The summed E-state index contributed by atoms with van der Waals surface area (Å²) in [4.78, 5) is 0. The highest BCUT2D eigenvalue weighted by Crippen LogP contribution is 2.27. The quantitative estimate of drug-likeness (QED) is 0.310. The Bertz CT molecular complexity index is 299. The molecule has 66 valence electrons. The predicted octanol–water partition coefficient (Wildman–Crippen LogP) is 1.94. The Labute approximate surface area is 79.7 Å². The van der Waals surface area contributed by atoms with Gasteiger partial charge in [0.1, 0.15) is 5.56 Å². The lowest BCUT2D eigenvalue weighted by atomic mass is 10.3. The van der Waals surface area contributed by atoms with Crippen LogP contribution in [0.25, 0.3) is 0 Å². The molecule has 1 aromatic rings. The van der Waals surface area contributed by atoms with Crippen molar-refractivity contribution in [2.45, 2.75) is 6.18 Å². The fraction of sp³-hybridized carbons (Fsp3) is 0.167. The van der Waals surface area contributed by atoms with Gasteiger partial charge in [-0.1, -0.05) is 0 Å². The molecule has 1 aromatic heterocycles. The van der Waals surface area contributed by atoms with E-state index in [0.717, 1.165) is 12.1 Å². The van der Waals surface area contributed by atoms with E-state index < -0.39 is 11.7 Å². The van der Waals surface area contributed by atoms with Crippen LogP contribution in [0, 0.1) is 8.91 Å². The lowest BCUT2D eigenvalue weighted by Crippen LogP contribution is -2.31. The zero-order valence-corrected chi connectivity index (χ0v) is 7.76. The maximum atomic E-state index is 11.9. The molecular weight excluding hydrogens is 286 g/mol. The van der Waals surface area contributed by atoms with E-state index in [9.17, 15) is 18.4 Å². The molecular formula is C6H3F3INO. The van der Waals surface area contributed by atoms with E-state index in [4.69, 9.17) is 0 Å². The van der Waals surface area contributed by atoms with Gasteiger partial charge in [-0.3, -0.25) is 0 Å². The molecule has 0 aliphatic heterocycles. The van der Waals surface area contributed by atoms with Crippen molar-refractivity contribution < 1.29 is 17.9 Å². The summed E-state index contributed by atoms with van der Waals surface area (Å²) in [6.07, 6.45) is -3.93. The largest absolute Gasteiger partial charge is 0.618 e.